The summed E-state index contributed by atoms with van der Waals surface area (Å²) in [6.07, 6.45) is 0. The van der Waals surface area contributed by atoms with Crippen LogP contribution >= 0.6 is 7.67 Å². The fraction of sp³-hybridized carbons (Fsp3) is 0.333. The summed E-state index contributed by atoms with van der Waals surface area (Å²) in [5, 5.41) is 12.5. The van der Waals surface area contributed by atoms with E-state index in [9.17, 15) is 14.7 Å². The van der Waals surface area contributed by atoms with Gasteiger partial charge in [-0.15, -0.1) is 0 Å². The molecule has 23 heavy (non-hydrogen) atoms. The van der Waals surface area contributed by atoms with Crippen LogP contribution < -0.4 is 0 Å². The molecule has 2 aromatic rings. The van der Waals surface area contributed by atoms with Crippen LogP contribution in [0.1, 0.15) is 5.56 Å². The van der Waals surface area contributed by atoms with Crippen molar-refractivity contribution in [2.75, 3.05) is 26.2 Å². The molecule has 0 spiro atoms. The number of nitrogens with zero attached hydrogens (tertiary/aromatic N) is 3. The van der Waals surface area contributed by atoms with Gasteiger partial charge in [0.15, 0.2) is 0 Å². The van der Waals surface area contributed by atoms with Crippen LogP contribution in [0.3, 0.4) is 0 Å². The van der Waals surface area contributed by atoms with Crippen molar-refractivity contribution >= 4 is 24.1 Å². The Labute approximate surface area is 133 Å². The molecule has 2 heterocycles. The molecule has 2 fully saturated rings. The number of hydrogen-bond donors (Lipinski definition) is 0. The maximum absolute atomic E-state index is 12.9. The summed E-state index contributed by atoms with van der Waals surface area (Å²) in [7, 11) is -2.88. The SMILES string of the molecule is O=[N+]([O-])c1ccc(COP(=O)(N2CC2)N2CC2)c2ccccc12. The Morgan fingerprint density at radius 3 is 2.22 bits per heavy atom. The van der Waals surface area contributed by atoms with Crippen molar-refractivity contribution in [2.24, 2.45) is 0 Å². The summed E-state index contributed by atoms with van der Waals surface area (Å²) < 4.78 is 22.5. The molecular weight excluding hydrogens is 317 g/mol. The van der Waals surface area contributed by atoms with Gasteiger partial charge in [-0.05, 0) is 23.1 Å². The number of nitro groups is 1. The van der Waals surface area contributed by atoms with E-state index >= 15 is 0 Å². The summed E-state index contributed by atoms with van der Waals surface area (Å²) in [5.41, 5.74) is 0.888. The topological polar surface area (TPSA) is 75.5 Å². The van der Waals surface area contributed by atoms with Crippen molar-refractivity contribution < 1.29 is 14.0 Å². The van der Waals surface area contributed by atoms with E-state index in [2.05, 4.69) is 0 Å². The number of fused-ring (bicyclic) bond motifs is 1. The van der Waals surface area contributed by atoms with Crippen LogP contribution in [-0.2, 0) is 15.7 Å². The van der Waals surface area contributed by atoms with Crippen molar-refractivity contribution in [1.82, 2.24) is 9.34 Å². The molecule has 7 nitrogen and oxygen atoms in total. The summed E-state index contributed by atoms with van der Waals surface area (Å²) in [6.45, 7) is 3.38. The summed E-state index contributed by atoms with van der Waals surface area (Å²) in [4.78, 5) is 10.8. The molecule has 2 aliphatic rings. The minimum absolute atomic E-state index is 0.0735. The molecule has 4 rings (SSSR count). The lowest BCUT2D eigenvalue weighted by Crippen LogP contribution is -2.08. The minimum atomic E-state index is -2.88. The van der Waals surface area contributed by atoms with Crippen LogP contribution in [0.4, 0.5) is 5.69 Å². The lowest BCUT2D eigenvalue weighted by Gasteiger charge is -2.20. The average molecular weight is 333 g/mol. The monoisotopic (exact) mass is 333 g/mol. The molecule has 0 unspecified atom stereocenters. The number of nitro benzene ring substituents is 1. The molecule has 0 aliphatic carbocycles. The highest BCUT2D eigenvalue weighted by atomic mass is 31.2. The van der Waals surface area contributed by atoms with Crippen LogP contribution in [0, 0.1) is 10.1 Å². The van der Waals surface area contributed by atoms with Gasteiger partial charge in [-0.3, -0.25) is 14.7 Å². The Bertz CT molecular complexity index is 817. The van der Waals surface area contributed by atoms with Crippen LogP contribution in [0.15, 0.2) is 36.4 Å². The van der Waals surface area contributed by atoms with E-state index in [4.69, 9.17) is 4.52 Å². The predicted molar refractivity (Wildman–Crippen MR) is 86.1 cm³/mol. The van der Waals surface area contributed by atoms with Crippen molar-refractivity contribution in [3.05, 3.63) is 52.1 Å². The van der Waals surface area contributed by atoms with E-state index in [1.165, 1.54) is 6.07 Å². The standard InChI is InChI=1S/C15H16N3O4P/c19-18(20)15-6-5-12(13-3-1-2-4-14(13)15)11-22-23(21,16-7-8-16)17-9-10-17/h1-6H,7-11H2. The molecule has 2 saturated heterocycles. The van der Waals surface area contributed by atoms with Crippen LogP contribution in [0.2, 0.25) is 0 Å². The van der Waals surface area contributed by atoms with Crippen LogP contribution in [-0.4, -0.2) is 40.4 Å². The maximum Gasteiger partial charge on any atom is 0.346 e. The van der Waals surface area contributed by atoms with Gasteiger partial charge in [0.25, 0.3) is 5.69 Å². The first-order chi connectivity index (χ1) is 11.1. The number of rotatable bonds is 6. The second kappa shape index (κ2) is 5.39. The Morgan fingerprint density at radius 1 is 1.04 bits per heavy atom. The Morgan fingerprint density at radius 2 is 1.65 bits per heavy atom. The van der Waals surface area contributed by atoms with E-state index in [0.29, 0.717) is 5.39 Å². The van der Waals surface area contributed by atoms with E-state index in [0.717, 1.165) is 37.1 Å². The average Bonchev–Trinajstić information content (AvgIpc) is 3.42. The highest BCUT2D eigenvalue weighted by molar-refractivity contribution is 7.54. The Hall–Kier alpha value is -1.79. The van der Waals surface area contributed by atoms with Gasteiger partial charge < -0.3 is 4.52 Å². The van der Waals surface area contributed by atoms with Gasteiger partial charge in [-0.25, -0.2) is 9.34 Å². The zero-order valence-corrected chi connectivity index (χ0v) is 13.3. The first-order valence-electron chi connectivity index (χ1n) is 7.50. The van der Waals surface area contributed by atoms with E-state index < -0.39 is 7.67 Å². The van der Waals surface area contributed by atoms with Gasteiger partial charge in [0.05, 0.1) is 16.9 Å². The van der Waals surface area contributed by atoms with Crippen LogP contribution in [0.5, 0.6) is 0 Å². The molecule has 0 N–H and O–H groups in total. The van der Waals surface area contributed by atoms with Crippen molar-refractivity contribution in [1.29, 1.82) is 0 Å². The predicted octanol–water partition coefficient (Wildman–Crippen LogP) is 3.00. The molecule has 2 aromatic carbocycles. The summed E-state index contributed by atoms with van der Waals surface area (Å²) >= 11 is 0. The first kappa shape index (κ1) is 14.8. The molecule has 0 aromatic heterocycles. The number of non-ortho nitro benzene ring substituents is 1. The second-order valence-electron chi connectivity index (χ2n) is 5.72. The molecule has 2 aliphatic heterocycles. The van der Waals surface area contributed by atoms with Gasteiger partial charge in [0, 0.05) is 32.2 Å². The number of hydrogen-bond acceptors (Lipinski definition) is 4. The smallest absolute Gasteiger partial charge is 0.301 e. The van der Waals surface area contributed by atoms with Crippen LogP contribution in [0.25, 0.3) is 10.8 Å². The quantitative estimate of drug-likeness (QED) is 0.350. The molecule has 0 radical (unpaired) electrons. The molecule has 0 amide bonds. The van der Waals surface area contributed by atoms with E-state index in [-0.39, 0.29) is 17.2 Å². The summed E-state index contributed by atoms with van der Waals surface area (Å²) in [6, 6.07) is 10.3. The normalized spacial score (nSPS) is 18.3. The lowest BCUT2D eigenvalue weighted by atomic mass is 10.0. The molecule has 0 saturated carbocycles. The van der Waals surface area contributed by atoms with E-state index in [1.54, 1.807) is 18.2 Å². The van der Waals surface area contributed by atoms with Gasteiger partial charge in [-0.2, -0.15) is 0 Å². The van der Waals surface area contributed by atoms with Gasteiger partial charge in [0.2, 0.25) is 0 Å². The Kier molecular flexibility index (Phi) is 3.46. The molecule has 120 valence electrons. The zero-order valence-electron chi connectivity index (χ0n) is 12.4. The van der Waals surface area contributed by atoms with Gasteiger partial charge >= 0.3 is 7.67 Å². The molecule has 0 bridgehead atoms. The fourth-order valence-corrected chi connectivity index (χ4v) is 4.90. The summed E-state index contributed by atoms with van der Waals surface area (Å²) in [5.74, 6) is 0. The highest BCUT2D eigenvalue weighted by Crippen LogP contribution is 2.61. The third kappa shape index (κ3) is 2.66. The highest BCUT2D eigenvalue weighted by Gasteiger charge is 2.49. The third-order valence-electron chi connectivity index (χ3n) is 4.14. The first-order valence-corrected chi connectivity index (χ1v) is 9.03. The van der Waals surface area contributed by atoms with Crippen molar-refractivity contribution in [2.45, 2.75) is 6.61 Å². The van der Waals surface area contributed by atoms with Gasteiger partial charge in [-0.1, -0.05) is 18.2 Å². The minimum Gasteiger partial charge on any atom is -0.301 e. The molecule has 8 heteroatoms. The maximum atomic E-state index is 12.9. The molecule has 0 atom stereocenters. The fourth-order valence-electron chi connectivity index (χ4n) is 2.72. The number of benzene rings is 2. The van der Waals surface area contributed by atoms with E-state index in [1.807, 2.05) is 21.5 Å². The van der Waals surface area contributed by atoms with Crippen molar-refractivity contribution in [3.8, 4) is 0 Å². The Balaban J connectivity index is 1.66. The van der Waals surface area contributed by atoms with Crippen molar-refractivity contribution in [3.63, 3.8) is 0 Å². The molecular formula is C15H16N3O4P. The second-order valence-corrected chi connectivity index (χ2v) is 8.09. The third-order valence-corrected chi connectivity index (χ3v) is 6.83. The lowest BCUT2D eigenvalue weighted by molar-refractivity contribution is -0.383. The zero-order chi connectivity index (χ0) is 16.0. The largest absolute Gasteiger partial charge is 0.346 e. The van der Waals surface area contributed by atoms with Gasteiger partial charge in [0.1, 0.15) is 0 Å².